The van der Waals surface area contributed by atoms with Crippen LogP contribution in [0.4, 0.5) is 8.78 Å². The van der Waals surface area contributed by atoms with E-state index in [1.54, 1.807) is 30.3 Å². The van der Waals surface area contributed by atoms with Gasteiger partial charge in [0.2, 0.25) is 0 Å². The van der Waals surface area contributed by atoms with Gasteiger partial charge in [-0.3, -0.25) is 4.79 Å². The van der Waals surface area contributed by atoms with Gasteiger partial charge in [-0.25, -0.2) is 8.78 Å². The Bertz CT molecular complexity index is 1530. The van der Waals surface area contributed by atoms with E-state index >= 15 is 0 Å². The molecule has 5 rings (SSSR count). The Hall–Kier alpha value is -3.76. The van der Waals surface area contributed by atoms with Gasteiger partial charge >= 0.3 is 0 Å². The molecule has 4 aromatic carbocycles. The number of aromatic nitrogens is 1. The molecule has 33 heavy (non-hydrogen) atoms. The van der Waals surface area contributed by atoms with Crippen LogP contribution in [0, 0.1) is 11.6 Å². The number of halogens is 3. The summed E-state index contributed by atoms with van der Waals surface area (Å²) in [6.45, 7) is 0.278. The summed E-state index contributed by atoms with van der Waals surface area (Å²) >= 11 is 5.89. The molecule has 0 aliphatic heterocycles. The number of carbonyl (C=O) groups is 1. The van der Waals surface area contributed by atoms with Crippen molar-refractivity contribution in [2.45, 2.75) is 6.54 Å². The Morgan fingerprint density at radius 3 is 2.39 bits per heavy atom. The normalized spacial score (nSPS) is 11.6. The van der Waals surface area contributed by atoms with Crippen molar-refractivity contribution in [3.8, 4) is 0 Å². The summed E-state index contributed by atoms with van der Waals surface area (Å²) in [5, 5.41) is 2.60. The molecule has 0 atom stereocenters. The number of benzene rings is 4. The first-order chi connectivity index (χ1) is 16.0. The van der Waals surface area contributed by atoms with Gasteiger partial charge in [0.25, 0.3) is 0 Å². The fourth-order valence-electron chi connectivity index (χ4n) is 4.05. The largest absolute Gasteiger partial charge is 0.336 e. The number of carbonyl (C=O) groups excluding carboxylic acids is 1. The van der Waals surface area contributed by atoms with Crippen molar-refractivity contribution < 1.29 is 13.6 Å². The third kappa shape index (κ3) is 4.18. The van der Waals surface area contributed by atoms with E-state index < -0.39 is 11.6 Å². The van der Waals surface area contributed by atoms with Gasteiger partial charge < -0.3 is 4.57 Å². The summed E-state index contributed by atoms with van der Waals surface area (Å²) < 4.78 is 29.7. The maximum Gasteiger partial charge on any atom is 0.185 e. The van der Waals surface area contributed by atoms with Gasteiger partial charge in [0.1, 0.15) is 11.6 Å². The van der Waals surface area contributed by atoms with Crippen LogP contribution in [0.25, 0.3) is 27.9 Å². The van der Waals surface area contributed by atoms with Crippen LogP contribution in [0.1, 0.15) is 21.5 Å². The summed E-state index contributed by atoms with van der Waals surface area (Å²) in [5.74, 6) is -1.27. The van der Waals surface area contributed by atoms with Gasteiger partial charge in [-0.2, -0.15) is 0 Å². The quantitative estimate of drug-likeness (QED) is 0.196. The third-order valence-corrected chi connectivity index (χ3v) is 5.95. The molecule has 0 saturated heterocycles. The number of nitrogens with zero attached hydrogens (tertiary/aromatic N) is 1. The van der Waals surface area contributed by atoms with Crippen molar-refractivity contribution in [3.63, 3.8) is 0 Å². The minimum absolute atomic E-state index is 0.110. The van der Waals surface area contributed by atoms with Crippen molar-refractivity contribution >= 4 is 45.3 Å². The Morgan fingerprint density at radius 2 is 1.61 bits per heavy atom. The van der Waals surface area contributed by atoms with Gasteiger partial charge in [0.05, 0.1) is 6.54 Å². The van der Waals surface area contributed by atoms with E-state index in [0.29, 0.717) is 16.1 Å². The summed E-state index contributed by atoms with van der Waals surface area (Å²) in [6, 6.07) is 24.2. The molecule has 162 valence electrons. The zero-order valence-corrected chi connectivity index (χ0v) is 18.2. The van der Waals surface area contributed by atoms with Crippen molar-refractivity contribution in [2.75, 3.05) is 0 Å². The third-order valence-electron chi connectivity index (χ3n) is 5.70. The molecule has 5 heteroatoms. The average Bonchev–Trinajstić information content (AvgIpc) is 3.13. The second-order valence-corrected chi connectivity index (χ2v) is 8.26. The zero-order chi connectivity index (χ0) is 22.9. The Morgan fingerprint density at radius 1 is 0.848 bits per heavy atom. The van der Waals surface area contributed by atoms with Crippen LogP contribution >= 0.6 is 11.6 Å². The number of hydrogen-bond donors (Lipinski definition) is 0. The number of fused-ring (bicyclic) bond motifs is 3. The van der Waals surface area contributed by atoms with E-state index in [4.69, 9.17) is 11.6 Å². The van der Waals surface area contributed by atoms with Gasteiger partial charge in [-0.15, -0.1) is 0 Å². The molecule has 0 aliphatic carbocycles. The summed E-state index contributed by atoms with van der Waals surface area (Å²) in [5.41, 5.74) is 3.74. The summed E-state index contributed by atoms with van der Waals surface area (Å²) in [7, 11) is 0. The average molecular weight is 458 g/mol. The van der Waals surface area contributed by atoms with E-state index in [2.05, 4.69) is 0 Å². The minimum atomic E-state index is -0.594. The molecule has 0 N–H and O–H groups in total. The predicted octanol–water partition coefficient (Wildman–Crippen LogP) is 7.67. The molecule has 2 nitrogen and oxygen atoms in total. The van der Waals surface area contributed by atoms with Crippen molar-refractivity contribution in [3.05, 3.63) is 124 Å². The van der Waals surface area contributed by atoms with Gasteiger partial charge in [0.15, 0.2) is 5.78 Å². The van der Waals surface area contributed by atoms with Crippen LogP contribution < -0.4 is 0 Å². The molecular formula is C28H18ClF2NO. The maximum absolute atomic E-state index is 14.3. The number of ketones is 1. The molecule has 0 unspecified atom stereocenters. The number of allylic oxidation sites excluding steroid dienone is 1. The van der Waals surface area contributed by atoms with Gasteiger partial charge in [-0.1, -0.05) is 48.0 Å². The van der Waals surface area contributed by atoms with Crippen molar-refractivity contribution in [1.82, 2.24) is 4.57 Å². The lowest BCUT2D eigenvalue weighted by molar-refractivity contribution is 0.104. The van der Waals surface area contributed by atoms with Crippen LogP contribution in [-0.4, -0.2) is 10.4 Å². The summed E-state index contributed by atoms with van der Waals surface area (Å²) in [4.78, 5) is 12.5. The maximum atomic E-state index is 14.3. The highest BCUT2D eigenvalue weighted by atomic mass is 35.5. The van der Waals surface area contributed by atoms with Crippen molar-refractivity contribution in [1.29, 1.82) is 0 Å². The van der Waals surface area contributed by atoms with Crippen LogP contribution in [0.5, 0.6) is 0 Å². The monoisotopic (exact) mass is 457 g/mol. The first-order valence-corrected chi connectivity index (χ1v) is 10.8. The Balaban J connectivity index is 1.54. The lowest BCUT2D eigenvalue weighted by atomic mass is 10.1. The fourth-order valence-corrected chi connectivity index (χ4v) is 4.17. The zero-order valence-electron chi connectivity index (χ0n) is 17.4. The van der Waals surface area contributed by atoms with Crippen LogP contribution in [0.15, 0.2) is 91.0 Å². The smallest absolute Gasteiger partial charge is 0.185 e. The molecule has 0 aliphatic rings. The van der Waals surface area contributed by atoms with Gasteiger partial charge in [-0.05, 0) is 60.2 Å². The first kappa shape index (κ1) is 21.1. The molecule has 1 aromatic heterocycles. The van der Waals surface area contributed by atoms with E-state index in [0.717, 1.165) is 33.4 Å². The molecule has 5 aromatic rings. The van der Waals surface area contributed by atoms with Crippen molar-refractivity contribution in [2.24, 2.45) is 0 Å². The molecule has 0 radical (unpaired) electrons. The second kappa shape index (κ2) is 8.64. The number of hydrogen-bond acceptors (Lipinski definition) is 1. The number of para-hydroxylation sites is 1. The lowest BCUT2D eigenvalue weighted by Crippen LogP contribution is -2.02. The van der Waals surface area contributed by atoms with Crippen LogP contribution in [-0.2, 0) is 6.54 Å². The SMILES string of the molecule is O=C(/C=C/c1ccc2c(c1)c1ccccc1n2Cc1ccc(F)cc1F)c1ccc(Cl)cc1. The van der Waals surface area contributed by atoms with E-state index in [1.165, 1.54) is 18.2 Å². The predicted molar refractivity (Wildman–Crippen MR) is 130 cm³/mol. The van der Waals surface area contributed by atoms with E-state index in [9.17, 15) is 13.6 Å². The van der Waals surface area contributed by atoms with Crippen LogP contribution in [0.3, 0.4) is 0 Å². The topological polar surface area (TPSA) is 22.0 Å². The van der Waals surface area contributed by atoms with Gasteiger partial charge in [0, 0.05) is 44.0 Å². The highest BCUT2D eigenvalue weighted by molar-refractivity contribution is 6.30. The highest BCUT2D eigenvalue weighted by Gasteiger charge is 2.13. The fraction of sp³-hybridized carbons (Fsp3) is 0.0357. The highest BCUT2D eigenvalue weighted by Crippen LogP contribution is 2.31. The molecular weight excluding hydrogens is 440 g/mol. The van der Waals surface area contributed by atoms with E-state index in [-0.39, 0.29) is 12.3 Å². The lowest BCUT2D eigenvalue weighted by Gasteiger charge is -2.09. The molecule has 0 saturated carbocycles. The molecule has 0 amide bonds. The molecule has 1 heterocycles. The van der Waals surface area contributed by atoms with E-state index in [1.807, 2.05) is 47.0 Å². The standard InChI is InChI=1S/C28H18ClF2NO/c29-21-10-7-19(8-11-21)28(33)14-6-18-5-13-27-24(15-18)23-3-1-2-4-26(23)32(27)17-20-9-12-22(30)16-25(20)31/h1-16H,17H2/b14-6+. The Labute approximate surface area is 194 Å². The minimum Gasteiger partial charge on any atom is -0.336 e. The second-order valence-electron chi connectivity index (χ2n) is 7.82. The van der Waals surface area contributed by atoms with Crippen LogP contribution in [0.2, 0.25) is 5.02 Å². The molecule has 0 spiro atoms. The Kier molecular flexibility index (Phi) is 5.53. The first-order valence-electron chi connectivity index (χ1n) is 10.4. The summed E-state index contributed by atoms with van der Waals surface area (Å²) in [6.07, 6.45) is 3.32. The number of rotatable bonds is 5. The molecule has 0 fully saturated rings. The molecule has 0 bridgehead atoms.